The first-order chi connectivity index (χ1) is 6.85. The lowest BCUT2D eigenvalue weighted by molar-refractivity contribution is 1.08. The van der Waals surface area contributed by atoms with E-state index in [1.54, 1.807) is 0 Å². The minimum Gasteiger partial charge on any atom is -0.373 e. The van der Waals surface area contributed by atoms with Gasteiger partial charge in [-0.05, 0) is 17.7 Å². The lowest BCUT2D eigenvalue weighted by atomic mass is 10.1. The minimum atomic E-state index is 0.539. The molecule has 0 bridgehead atoms. The van der Waals surface area contributed by atoms with Crippen LogP contribution in [0.15, 0.2) is 30.3 Å². The molecule has 14 heavy (non-hydrogen) atoms. The van der Waals surface area contributed by atoms with Crippen LogP contribution in [0.1, 0.15) is 5.56 Å². The SMILES string of the molecule is CNc1cc(CN)c2ccccc2n1. The highest BCUT2D eigenvalue weighted by atomic mass is 15.0. The number of nitrogens with two attached hydrogens (primary N) is 1. The maximum atomic E-state index is 5.68. The highest BCUT2D eigenvalue weighted by molar-refractivity contribution is 5.83. The van der Waals surface area contributed by atoms with E-state index in [0.717, 1.165) is 22.3 Å². The van der Waals surface area contributed by atoms with Crippen molar-refractivity contribution in [3.8, 4) is 0 Å². The summed E-state index contributed by atoms with van der Waals surface area (Å²) in [6.45, 7) is 0.539. The molecule has 1 heterocycles. The van der Waals surface area contributed by atoms with Gasteiger partial charge in [0.2, 0.25) is 0 Å². The largest absolute Gasteiger partial charge is 0.373 e. The summed E-state index contributed by atoms with van der Waals surface area (Å²) in [6, 6.07) is 10.0. The summed E-state index contributed by atoms with van der Waals surface area (Å²) in [5.74, 6) is 0.865. The number of hydrogen-bond donors (Lipinski definition) is 2. The Morgan fingerprint density at radius 2 is 2.14 bits per heavy atom. The molecule has 0 atom stereocenters. The van der Waals surface area contributed by atoms with Crippen LogP contribution in [-0.2, 0) is 6.54 Å². The Morgan fingerprint density at radius 3 is 2.86 bits per heavy atom. The standard InChI is InChI=1S/C11H13N3/c1-13-11-6-8(7-12)9-4-2-3-5-10(9)14-11/h2-6H,7,12H2,1H3,(H,13,14). The Morgan fingerprint density at radius 1 is 1.36 bits per heavy atom. The third-order valence-electron chi connectivity index (χ3n) is 2.28. The summed E-state index contributed by atoms with van der Waals surface area (Å²) in [5.41, 5.74) is 7.79. The van der Waals surface area contributed by atoms with Gasteiger partial charge in [-0.25, -0.2) is 4.98 Å². The molecule has 0 aliphatic heterocycles. The number of anilines is 1. The van der Waals surface area contributed by atoms with Gasteiger partial charge in [0.25, 0.3) is 0 Å². The number of rotatable bonds is 2. The van der Waals surface area contributed by atoms with E-state index in [1.165, 1.54) is 0 Å². The van der Waals surface area contributed by atoms with Crippen molar-refractivity contribution < 1.29 is 0 Å². The molecule has 0 fully saturated rings. The van der Waals surface area contributed by atoms with E-state index in [4.69, 9.17) is 5.73 Å². The van der Waals surface area contributed by atoms with Crippen LogP contribution in [0.4, 0.5) is 5.82 Å². The molecule has 3 nitrogen and oxygen atoms in total. The second kappa shape index (κ2) is 3.64. The third-order valence-corrected chi connectivity index (χ3v) is 2.28. The molecule has 0 saturated carbocycles. The molecule has 0 aliphatic rings. The molecule has 2 aromatic rings. The fourth-order valence-electron chi connectivity index (χ4n) is 1.54. The fourth-order valence-corrected chi connectivity index (χ4v) is 1.54. The summed E-state index contributed by atoms with van der Waals surface area (Å²) in [5, 5.41) is 4.16. The number of nitrogens with zero attached hydrogens (tertiary/aromatic N) is 1. The molecule has 2 rings (SSSR count). The molecular formula is C11H13N3. The first kappa shape index (κ1) is 8.97. The molecule has 0 spiro atoms. The van der Waals surface area contributed by atoms with Gasteiger partial charge < -0.3 is 11.1 Å². The number of benzene rings is 1. The Kier molecular flexibility index (Phi) is 2.33. The number of aromatic nitrogens is 1. The topological polar surface area (TPSA) is 50.9 Å². The van der Waals surface area contributed by atoms with Crippen LogP contribution >= 0.6 is 0 Å². The van der Waals surface area contributed by atoms with Crippen molar-refractivity contribution >= 4 is 16.7 Å². The van der Waals surface area contributed by atoms with Crippen molar-refractivity contribution in [2.75, 3.05) is 12.4 Å². The van der Waals surface area contributed by atoms with E-state index in [9.17, 15) is 0 Å². The highest BCUT2D eigenvalue weighted by Gasteiger charge is 2.02. The number of fused-ring (bicyclic) bond motifs is 1. The Labute approximate surface area is 83.0 Å². The quantitative estimate of drug-likeness (QED) is 0.752. The van der Waals surface area contributed by atoms with Crippen molar-refractivity contribution in [2.45, 2.75) is 6.54 Å². The summed E-state index contributed by atoms with van der Waals surface area (Å²) in [6.07, 6.45) is 0. The van der Waals surface area contributed by atoms with Crippen LogP contribution in [0.3, 0.4) is 0 Å². The zero-order valence-corrected chi connectivity index (χ0v) is 8.12. The van der Waals surface area contributed by atoms with Crippen LogP contribution in [0.2, 0.25) is 0 Å². The van der Waals surface area contributed by atoms with E-state index >= 15 is 0 Å². The number of nitrogens with one attached hydrogen (secondary N) is 1. The number of hydrogen-bond acceptors (Lipinski definition) is 3. The number of para-hydroxylation sites is 1. The molecular weight excluding hydrogens is 174 g/mol. The molecule has 0 saturated heterocycles. The molecule has 0 unspecified atom stereocenters. The Balaban J connectivity index is 2.73. The first-order valence-electron chi connectivity index (χ1n) is 4.61. The molecule has 0 amide bonds. The minimum absolute atomic E-state index is 0.539. The van der Waals surface area contributed by atoms with Gasteiger partial charge in [0.1, 0.15) is 5.82 Å². The van der Waals surface area contributed by atoms with Crippen LogP contribution in [-0.4, -0.2) is 12.0 Å². The van der Waals surface area contributed by atoms with E-state index in [0.29, 0.717) is 6.54 Å². The average Bonchev–Trinajstić information content (AvgIpc) is 2.27. The third kappa shape index (κ3) is 1.42. The molecule has 1 aromatic heterocycles. The molecule has 0 radical (unpaired) electrons. The number of pyridine rings is 1. The van der Waals surface area contributed by atoms with Crippen molar-refractivity contribution in [1.82, 2.24) is 4.98 Å². The van der Waals surface area contributed by atoms with Gasteiger partial charge in [-0.1, -0.05) is 18.2 Å². The summed E-state index contributed by atoms with van der Waals surface area (Å²) >= 11 is 0. The molecule has 3 heteroatoms. The second-order valence-electron chi connectivity index (χ2n) is 3.14. The van der Waals surface area contributed by atoms with Crippen molar-refractivity contribution in [3.05, 3.63) is 35.9 Å². The van der Waals surface area contributed by atoms with Crippen LogP contribution in [0, 0.1) is 0 Å². The van der Waals surface area contributed by atoms with Crippen LogP contribution < -0.4 is 11.1 Å². The fraction of sp³-hybridized carbons (Fsp3) is 0.182. The lowest BCUT2D eigenvalue weighted by Gasteiger charge is -2.06. The van der Waals surface area contributed by atoms with Crippen LogP contribution in [0.5, 0.6) is 0 Å². The van der Waals surface area contributed by atoms with Crippen molar-refractivity contribution in [1.29, 1.82) is 0 Å². The predicted molar refractivity (Wildman–Crippen MR) is 59.2 cm³/mol. The van der Waals surface area contributed by atoms with Gasteiger partial charge in [-0.15, -0.1) is 0 Å². The van der Waals surface area contributed by atoms with Gasteiger partial charge in [-0.2, -0.15) is 0 Å². The predicted octanol–water partition coefficient (Wildman–Crippen LogP) is 1.74. The first-order valence-corrected chi connectivity index (χ1v) is 4.61. The zero-order valence-electron chi connectivity index (χ0n) is 8.12. The average molecular weight is 187 g/mol. The van der Waals surface area contributed by atoms with E-state index in [2.05, 4.69) is 10.3 Å². The highest BCUT2D eigenvalue weighted by Crippen LogP contribution is 2.19. The van der Waals surface area contributed by atoms with Gasteiger partial charge in [0, 0.05) is 19.0 Å². The molecule has 1 aromatic carbocycles. The smallest absolute Gasteiger partial charge is 0.126 e. The molecule has 0 aliphatic carbocycles. The van der Waals surface area contributed by atoms with E-state index in [1.807, 2.05) is 37.4 Å². The van der Waals surface area contributed by atoms with Crippen molar-refractivity contribution in [2.24, 2.45) is 5.73 Å². The summed E-state index contributed by atoms with van der Waals surface area (Å²) < 4.78 is 0. The zero-order chi connectivity index (χ0) is 9.97. The van der Waals surface area contributed by atoms with Crippen LogP contribution in [0.25, 0.3) is 10.9 Å². The van der Waals surface area contributed by atoms with Gasteiger partial charge in [0.15, 0.2) is 0 Å². The Bertz CT molecular complexity index is 451. The van der Waals surface area contributed by atoms with Gasteiger partial charge in [0.05, 0.1) is 5.52 Å². The molecule has 72 valence electrons. The maximum absolute atomic E-state index is 5.68. The van der Waals surface area contributed by atoms with Gasteiger partial charge in [-0.3, -0.25) is 0 Å². The lowest BCUT2D eigenvalue weighted by Crippen LogP contribution is -2.01. The normalized spacial score (nSPS) is 10.4. The molecule has 3 N–H and O–H groups in total. The Hall–Kier alpha value is -1.61. The maximum Gasteiger partial charge on any atom is 0.126 e. The summed E-state index contributed by atoms with van der Waals surface area (Å²) in [7, 11) is 1.86. The monoisotopic (exact) mass is 187 g/mol. The van der Waals surface area contributed by atoms with Crippen molar-refractivity contribution in [3.63, 3.8) is 0 Å². The van der Waals surface area contributed by atoms with E-state index in [-0.39, 0.29) is 0 Å². The van der Waals surface area contributed by atoms with Gasteiger partial charge >= 0.3 is 0 Å². The van der Waals surface area contributed by atoms with E-state index < -0.39 is 0 Å². The summed E-state index contributed by atoms with van der Waals surface area (Å²) in [4.78, 5) is 4.44. The second-order valence-corrected chi connectivity index (χ2v) is 3.14.